The number of benzene rings is 2. The van der Waals surface area contributed by atoms with E-state index in [9.17, 15) is 14.0 Å². The highest BCUT2D eigenvalue weighted by atomic mass is 19.1. The average molecular weight is 368 g/mol. The fourth-order valence-corrected chi connectivity index (χ4v) is 3.55. The van der Waals surface area contributed by atoms with Gasteiger partial charge in [0.2, 0.25) is 5.91 Å². The molecule has 0 bridgehead atoms. The van der Waals surface area contributed by atoms with Gasteiger partial charge in [-0.05, 0) is 55.9 Å². The maximum absolute atomic E-state index is 13.3. The first kappa shape index (κ1) is 19.1. The molecule has 4 nitrogen and oxygen atoms in total. The summed E-state index contributed by atoms with van der Waals surface area (Å²) in [6.07, 6.45) is 2.96. The van der Waals surface area contributed by atoms with E-state index >= 15 is 0 Å². The smallest absolute Gasteiger partial charge is 0.252 e. The number of hydrogen-bond acceptors (Lipinski definition) is 2. The van der Waals surface area contributed by atoms with Gasteiger partial charge in [0.05, 0.1) is 0 Å². The maximum atomic E-state index is 13.3. The normalized spacial score (nSPS) is 16.0. The fourth-order valence-electron chi connectivity index (χ4n) is 3.55. The molecule has 3 rings (SSSR count). The predicted molar refractivity (Wildman–Crippen MR) is 103 cm³/mol. The molecule has 1 N–H and O–H groups in total. The van der Waals surface area contributed by atoms with Crippen LogP contribution in [0.4, 0.5) is 4.39 Å². The van der Waals surface area contributed by atoms with Crippen LogP contribution in [0.2, 0.25) is 0 Å². The van der Waals surface area contributed by atoms with Crippen LogP contribution in [-0.4, -0.2) is 35.8 Å². The van der Waals surface area contributed by atoms with Gasteiger partial charge < -0.3 is 10.2 Å². The average Bonchev–Trinajstić information content (AvgIpc) is 2.69. The number of nitrogens with one attached hydrogen (secondary N) is 1. The van der Waals surface area contributed by atoms with E-state index in [1.165, 1.54) is 29.8 Å². The Morgan fingerprint density at radius 1 is 1.11 bits per heavy atom. The summed E-state index contributed by atoms with van der Waals surface area (Å²) in [7, 11) is 0. The van der Waals surface area contributed by atoms with E-state index in [0.29, 0.717) is 19.0 Å². The van der Waals surface area contributed by atoms with Crippen molar-refractivity contribution in [3.05, 3.63) is 71.5 Å². The lowest BCUT2D eigenvalue weighted by atomic mass is 9.90. The minimum Gasteiger partial charge on any atom is -0.341 e. The van der Waals surface area contributed by atoms with Crippen molar-refractivity contribution < 1.29 is 14.0 Å². The number of piperidine rings is 1. The SMILES string of the molecule is C[C@@H](NC(=O)c1cccc(F)c1)C(=O)N1CCC(Cc2ccccc2)CC1. The molecular formula is C22H25FN2O2. The molecule has 1 aliphatic rings. The lowest BCUT2D eigenvalue weighted by molar-refractivity contribution is -0.134. The van der Waals surface area contributed by atoms with E-state index in [0.717, 1.165) is 19.3 Å². The van der Waals surface area contributed by atoms with Gasteiger partial charge in [0.25, 0.3) is 5.91 Å². The number of hydrogen-bond donors (Lipinski definition) is 1. The van der Waals surface area contributed by atoms with Gasteiger partial charge in [0, 0.05) is 18.7 Å². The summed E-state index contributed by atoms with van der Waals surface area (Å²) in [6, 6.07) is 15.2. The first-order valence-electron chi connectivity index (χ1n) is 9.42. The monoisotopic (exact) mass is 368 g/mol. The first-order chi connectivity index (χ1) is 13.0. The topological polar surface area (TPSA) is 49.4 Å². The molecular weight excluding hydrogens is 343 g/mol. The van der Waals surface area contributed by atoms with Crippen molar-refractivity contribution >= 4 is 11.8 Å². The van der Waals surface area contributed by atoms with E-state index in [1.54, 1.807) is 6.92 Å². The summed E-state index contributed by atoms with van der Waals surface area (Å²) in [6.45, 7) is 3.09. The molecule has 1 heterocycles. The highest BCUT2D eigenvalue weighted by Crippen LogP contribution is 2.22. The highest BCUT2D eigenvalue weighted by molar-refractivity contribution is 5.97. The summed E-state index contributed by atoms with van der Waals surface area (Å²) in [4.78, 5) is 26.7. The lowest BCUT2D eigenvalue weighted by Gasteiger charge is -2.33. The van der Waals surface area contributed by atoms with Crippen LogP contribution >= 0.6 is 0 Å². The van der Waals surface area contributed by atoms with Gasteiger partial charge in [-0.1, -0.05) is 36.4 Å². The zero-order chi connectivity index (χ0) is 19.2. The maximum Gasteiger partial charge on any atom is 0.252 e. The number of carbonyl (C=O) groups excluding carboxylic acids is 2. The standard InChI is InChI=1S/C22H25FN2O2/c1-16(24-21(26)19-8-5-9-20(23)15-19)22(27)25-12-10-18(11-13-25)14-17-6-3-2-4-7-17/h2-9,15-16,18H,10-14H2,1H3,(H,24,26)/t16-/m1/s1. The van der Waals surface area contributed by atoms with E-state index in [2.05, 4.69) is 29.6 Å². The van der Waals surface area contributed by atoms with E-state index in [1.807, 2.05) is 11.0 Å². The minimum absolute atomic E-state index is 0.0853. The summed E-state index contributed by atoms with van der Waals surface area (Å²) in [5.41, 5.74) is 1.55. The van der Waals surface area contributed by atoms with E-state index in [-0.39, 0.29) is 11.5 Å². The molecule has 1 atom stereocenters. The molecule has 5 heteroatoms. The fraction of sp³-hybridized carbons (Fsp3) is 0.364. The van der Waals surface area contributed by atoms with Gasteiger partial charge in [-0.15, -0.1) is 0 Å². The van der Waals surface area contributed by atoms with Gasteiger partial charge in [0.15, 0.2) is 0 Å². The van der Waals surface area contributed by atoms with Crippen LogP contribution in [0.1, 0.15) is 35.7 Å². The molecule has 0 aliphatic carbocycles. The molecule has 1 saturated heterocycles. The molecule has 27 heavy (non-hydrogen) atoms. The Morgan fingerprint density at radius 3 is 2.48 bits per heavy atom. The van der Waals surface area contributed by atoms with Crippen molar-refractivity contribution in [2.45, 2.75) is 32.2 Å². The summed E-state index contributed by atoms with van der Waals surface area (Å²) >= 11 is 0. The van der Waals surface area contributed by atoms with Gasteiger partial charge in [0.1, 0.15) is 11.9 Å². The number of halogens is 1. The Kier molecular flexibility index (Phi) is 6.22. The van der Waals surface area contributed by atoms with Crippen LogP contribution in [-0.2, 0) is 11.2 Å². The Bertz CT molecular complexity index is 786. The Morgan fingerprint density at radius 2 is 1.81 bits per heavy atom. The van der Waals surface area contributed by atoms with Crippen molar-refractivity contribution in [2.24, 2.45) is 5.92 Å². The van der Waals surface area contributed by atoms with Crippen molar-refractivity contribution in [2.75, 3.05) is 13.1 Å². The van der Waals surface area contributed by atoms with Crippen LogP contribution < -0.4 is 5.32 Å². The molecule has 0 saturated carbocycles. The minimum atomic E-state index is -0.633. The summed E-state index contributed by atoms with van der Waals surface area (Å²) < 4.78 is 13.3. The quantitative estimate of drug-likeness (QED) is 0.879. The summed E-state index contributed by atoms with van der Waals surface area (Å²) in [5, 5.41) is 2.67. The third-order valence-electron chi connectivity index (χ3n) is 5.10. The number of likely N-dealkylation sites (tertiary alicyclic amines) is 1. The molecule has 2 amide bonds. The van der Waals surface area contributed by atoms with Gasteiger partial charge in [-0.25, -0.2) is 4.39 Å². The zero-order valence-electron chi connectivity index (χ0n) is 15.5. The third-order valence-corrected chi connectivity index (χ3v) is 5.10. The van der Waals surface area contributed by atoms with Crippen LogP contribution in [0.5, 0.6) is 0 Å². The van der Waals surface area contributed by atoms with Crippen molar-refractivity contribution in [3.63, 3.8) is 0 Å². The van der Waals surface area contributed by atoms with Crippen LogP contribution in [0.25, 0.3) is 0 Å². The Balaban J connectivity index is 1.49. The number of carbonyl (C=O) groups is 2. The summed E-state index contributed by atoms with van der Waals surface area (Å²) in [5.74, 6) is -0.414. The van der Waals surface area contributed by atoms with E-state index in [4.69, 9.17) is 0 Å². The van der Waals surface area contributed by atoms with E-state index < -0.39 is 17.8 Å². The largest absolute Gasteiger partial charge is 0.341 e. The molecule has 0 radical (unpaired) electrons. The highest BCUT2D eigenvalue weighted by Gasteiger charge is 2.27. The molecule has 2 aromatic carbocycles. The van der Waals surface area contributed by atoms with Crippen molar-refractivity contribution in [3.8, 4) is 0 Å². The van der Waals surface area contributed by atoms with Gasteiger partial charge >= 0.3 is 0 Å². The van der Waals surface area contributed by atoms with Crippen molar-refractivity contribution in [1.29, 1.82) is 0 Å². The predicted octanol–water partition coefficient (Wildman–Crippen LogP) is 3.43. The second kappa shape index (κ2) is 8.80. The van der Waals surface area contributed by atoms with Gasteiger partial charge in [-0.3, -0.25) is 9.59 Å². The Labute approximate surface area is 159 Å². The van der Waals surface area contributed by atoms with Gasteiger partial charge in [-0.2, -0.15) is 0 Å². The van der Waals surface area contributed by atoms with Crippen LogP contribution in [0.15, 0.2) is 54.6 Å². The zero-order valence-corrected chi connectivity index (χ0v) is 15.5. The number of amides is 2. The molecule has 0 spiro atoms. The number of nitrogens with zero attached hydrogens (tertiary/aromatic N) is 1. The molecule has 1 fully saturated rings. The second-order valence-corrected chi connectivity index (χ2v) is 7.16. The van der Waals surface area contributed by atoms with Crippen molar-refractivity contribution in [1.82, 2.24) is 10.2 Å². The second-order valence-electron chi connectivity index (χ2n) is 7.16. The first-order valence-corrected chi connectivity index (χ1v) is 9.42. The Hall–Kier alpha value is -2.69. The third kappa shape index (κ3) is 5.16. The molecule has 0 aromatic heterocycles. The molecule has 0 unspecified atom stereocenters. The molecule has 1 aliphatic heterocycles. The van der Waals surface area contributed by atoms with Crippen LogP contribution in [0.3, 0.4) is 0 Å². The molecule has 142 valence electrons. The molecule has 2 aromatic rings. The lowest BCUT2D eigenvalue weighted by Crippen LogP contribution is -2.49. The number of rotatable bonds is 5. The van der Waals surface area contributed by atoms with Crippen LogP contribution in [0, 0.1) is 11.7 Å².